The van der Waals surface area contributed by atoms with Gasteiger partial charge >= 0.3 is 0 Å². The Morgan fingerprint density at radius 2 is 1.48 bits per heavy atom. The zero-order valence-electron chi connectivity index (χ0n) is 13.9. The number of hydrogen-bond acceptors (Lipinski definition) is 3. The Morgan fingerprint density at radius 1 is 0.720 bits per heavy atom. The molecule has 25 heavy (non-hydrogen) atoms. The first-order valence-electron chi connectivity index (χ1n) is 8.54. The van der Waals surface area contributed by atoms with Crippen LogP contribution in [0.4, 0.5) is 0 Å². The van der Waals surface area contributed by atoms with Gasteiger partial charge in [0.25, 0.3) is 0 Å². The van der Waals surface area contributed by atoms with Gasteiger partial charge in [-0.25, -0.2) is 0 Å². The molecule has 4 rings (SSSR count). The number of aryl methyl sites for hydroxylation is 1. The van der Waals surface area contributed by atoms with E-state index in [4.69, 9.17) is 9.98 Å². The van der Waals surface area contributed by atoms with Crippen LogP contribution in [0.25, 0.3) is 0 Å². The van der Waals surface area contributed by atoms with E-state index in [1.165, 1.54) is 5.56 Å². The number of aliphatic imine (C=N–C) groups is 2. The van der Waals surface area contributed by atoms with Gasteiger partial charge in [0.2, 0.25) is 0 Å². The molecule has 0 spiro atoms. The summed E-state index contributed by atoms with van der Waals surface area (Å²) in [5.41, 5.74) is 5.56. The molecule has 2 heterocycles. The molecule has 3 aromatic rings. The van der Waals surface area contributed by atoms with Crippen molar-refractivity contribution in [2.45, 2.75) is 19.0 Å². The highest BCUT2D eigenvalue weighted by Gasteiger charge is 2.23. The summed E-state index contributed by atoms with van der Waals surface area (Å²) < 4.78 is 0. The minimum absolute atomic E-state index is 0.185. The van der Waals surface area contributed by atoms with Crippen molar-refractivity contribution in [2.75, 3.05) is 0 Å². The van der Waals surface area contributed by atoms with Gasteiger partial charge in [0.05, 0.1) is 11.4 Å². The lowest BCUT2D eigenvalue weighted by Gasteiger charge is -2.05. The summed E-state index contributed by atoms with van der Waals surface area (Å²) in [6.45, 7) is 0. The quantitative estimate of drug-likeness (QED) is 0.672. The molecule has 0 amide bonds. The Balaban J connectivity index is 1.63. The predicted molar refractivity (Wildman–Crippen MR) is 102 cm³/mol. The summed E-state index contributed by atoms with van der Waals surface area (Å²) in [4.78, 5) is 14.0. The summed E-state index contributed by atoms with van der Waals surface area (Å²) in [7, 11) is 0. The van der Waals surface area contributed by atoms with E-state index < -0.39 is 0 Å². The zero-order valence-corrected chi connectivity index (χ0v) is 13.9. The van der Waals surface area contributed by atoms with Crippen molar-refractivity contribution in [3.05, 3.63) is 102 Å². The molecule has 0 aliphatic carbocycles. The van der Waals surface area contributed by atoms with Crippen molar-refractivity contribution < 1.29 is 0 Å². The van der Waals surface area contributed by atoms with E-state index in [2.05, 4.69) is 41.4 Å². The summed E-state index contributed by atoms with van der Waals surface area (Å²) >= 11 is 0. The van der Waals surface area contributed by atoms with Gasteiger partial charge in [-0.15, -0.1) is 0 Å². The number of hydrogen-bond donors (Lipinski definition) is 0. The fourth-order valence-electron chi connectivity index (χ4n) is 3.04. The fourth-order valence-corrected chi connectivity index (χ4v) is 3.04. The first-order valence-corrected chi connectivity index (χ1v) is 8.54. The van der Waals surface area contributed by atoms with Crippen LogP contribution in [0.15, 0.2) is 95.2 Å². The van der Waals surface area contributed by atoms with Gasteiger partial charge in [-0.2, -0.15) is 0 Å². The van der Waals surface area contributed by atoms with Gasteiger partial charge in [-0.1, -0.05) is 66.7 Å². The molecule has 1 atom stereocenters. The van der Waals surface area contributed by atoms with Crippen molar-refractivity contribution in [3.8, 4) is 0 Å². The maximum atomic E-state index is 4.90. The predicted octanol–water partition coefficient (Wildman–Crippen LogP) is 4.66. The van der Waals surface area contributed by atoms with Crippen LogP contribution in [0.5, 0.6) is 0 Å². The van der Waals surface area contributed by atoms with E-state index in [9.17, 15) is 0 Å². The standard InChI is InChI=1S/C22H19N3/c1-3-8-17(9-4-1)13-14-20-21(18-10-5-2-6-11-18)25-22(24-20)19-12-7-15-23-16-19/h1-12,15-16,22H,13-14H2. The lowest BCUT2D eigenvalue weighted by molar-refractivity contribution is 0.789. The second kappa shape index (κ2) is 7.22. The Bertz CT molecular complexity index is 884. The fraction of sp³-hybridized carbons (Fsp3) is 0.136. The van der Waals surface area contributed by atoms with Crippen LogP contribution >= 0.6 is 0 Å². The van der Waals surface area contributed by atoms with E-state index >= 15 is 0 Å². The first kappa shape index (κ1) is 15.5. The Kier molecular flexibility index (Phi) is 4.46. The van der Waals surface area contributed by atoms with E-state index in [0.29, 0.717) is 0 Å². The molecule has 0 saturated carbocycles. The number of pyridine rings is 1. The molecule has 122 valence electrons. The molecule has 0 fully saturated rings. The van der Waals surface area contributed by atoms with Crippen molar-refractivity contribution in [1.29, 1.82) is 0 Å². The topological polar surface area (TPSA) is 37.6 Å². The molecule has 0 saturated heterocycles. The summed E-state index contributed by atoms with van der Waals surface area (Å²) in [5, 5.41) is 0. The van der Waals surface area contributed by atoms with Gasteiger partial charge < -0.3 is 0 Å². The van der Waals surface area contributed by atoms with Crippen molar-refractivity contribution in [2.24, 2.45) is 9.98 Å². The number of aromatic nitrogens is 1. The van der Waals surface area contributed by atoms with Crippen molar-refractivity contribution in [3.63, 3.8) is 0 Å². The summed E-state index contributed by atoms with van der Waals surface area (Å²) in [6.07, 6.45) is 5.29. The number of benzene rings is 2. The van der Waals surface area contributed by atoms with E-state index in [0.717, 1.165) is 35.4 Å². The van der Waals surface area contributed by atoms with Crippen LogP contribution in [0.1, 0.15) is 29.3 Å². The second-order valence-corrected chi connectivity index (χ2v) is 6.07. The average Bonchev–Trinajstić information content (AvgIpc) is 3.13. The smallest absolute Gasteiger partial charge is 0.167 e. The van der Waals surface area contributed by atoms with Crippen LogP contribution in [0.2, 0.25) is 0 Å². The van der Waals surface area contributed by atoms with Gasteiger partial charge in [-0.05, 0) is 24.5 Å². The second-order valence-electron chi connectivity index (χ2n) is 6.07. The van der Waals surface area contributed by atoms with E-state index in [1.807, 2.05) is 42.6 Å². The largest absolute Gasteiger partial charge is 0.264 e. The molecular formula is C22H19N3. The molecule has 3 heteroatoms. The summed E-state index contributed by atoms with van der Waals surface area (Å²) in [6, 6.07) is 24.8. The molecule has 0 bridgehead atoms. The minimum Gasteiger partial charge on any atom is -0.264 e. The third-order valence-corrected chi connectivity index (χ3v) is 4.33. The molecule has 1 aliphatic heterocycles. The third-order valence-electron chi connectivity index (χ3n) is 4.33. The number of nitrogens with zero attached hydrogens (tertiary/aromatic N) is 3. The minimum atomic E-state index is -0.185. The summed E-state index contributed by atoms with van der Waals surface area (Å²) in [5.74, 6) is 0. The highest BCUT2D eigenvalue weighted by atomic mass is 15.1. The van der Waals surface area contributed by atoms with Crippen molar-refractivity contribution in [1.82, 2.24) is 4.98 Å². The normalized spacial score (nSPS) is 16.4. The first-order chi connectivity index (χ1) is 12.4. The van der Waals surface area contributed by atoms with Crippen LogP contribution in [0, 0.1) is 0 Å². The van der Waals surface area contributed by atoms with Crippen LogP contribution in [-0.4, -0.2) is 16.4 Å². The lowest BCUT2D eigenvalue weighted by Crippen LogP contribution is -2.13. The average molecular weight is 325 g/mol. The van der Waals surface area contributed by atoms with Crippen LogP contribution in [0.3, 0.4) is 0 Å². The van der Waals surface area contributed by atoms with E-state index in [-0.39, 0.29) is 6.17 Å². The monoisotopic (exact) mass is 325 g/mol. The Labute approximate surface area is 147 Å². The third kappa shape index (κ3) is 3.56. The van der Waals surface area contributed by atoms with Gasteiger partial charge in [0, 0.05) is 23.5 Å². The highest BCUT2D eigenvalue weighted by Crippen LogP contribution is 2.27. The maximum absolute atomic E-state index is 4.90. The molecule has 2 aromatic carbocycles. The lowest BCUT2D eigenvalue weighted by atomic mass is 10.0. The van der Waals surface area contributed by atoms with Gasteiger partial charge in [0.1, 0.15) is 0 Å². The molecule has 1 aromatic heterocycles. The zero-order chi connectivity index (χ0) is 16.9. The van der Waals surface area contributed by atoms with Crippen LogP contribution in [-0.2, 0) is 6.42 Å². The molecule has 3 nitrogen and oxygen atoms in total. The van der Waals surface area contributed by atoms with Gasteiger partial charge in [-0.3, -0.25) is 15.0 Å². The molecule has 0 N–H and O–H groups in total. The van der Waals surface area contributed by atoms with Crippen molar-refractivity contribution >= 4 is 11.4 Å². The van der Waals surface area contributed by atoms with Crippen LogP contribution < -0.4 is 0 Å². The van der Waals surface area contributed by atoms with E-state index in [1.54, 1.807) is 6.20 Å². The molecular weight excluding hydrogens is 306 g/mol. The molecule has 1 aliphatic rings. The Morgan fingerprint density at radius 3 is 2.20 bits per heavy atom. The molecule has 1 unspecified atom stereocenters. The molecule has 0 radical (unpaired) electrons. The maximum Gasteiger partial charge on any atom is 0.167 e. The SMILES string of the molecule is c1ccc(CCC2=NC(c3cccnc3)N=C2c2ccccc2)cc1. The highest BCUT2D eigenvalue weighted by molar-refractivity contribution is 6.49. The number of rotatable bonds is 5. The Hall–Kier alpha value is -3.07. The van der Waals surface area contributed by atoms with Gasteiger partial charge in [0.15, 0.2) is 6.17 Å².